The van der Waals surface area contributed by atoms with E-state index in [0.717, 1.165) is 17.6 Å². The van der Waals surface area contributed by atoms with Crippen LogP contribution in [0, 0.1) is 0 Å². The van der Waals surface area contributed by atoms with Gasteiger partial charge in [0.1, 0.15) is 0 Å². The molecular formula is C12H14BrNO. The number of benzene rings is 1. The second-order valence-electron chi connectivity index (χ2n) is 3.84. The number of halogens is 1. The smallest absolute Gasteiger partial charge is 0.0859 e. The Labute approximate surface area is 98.3 Å². The van der Waals surface area contributed by atoms with Crippen molar-refractivity contribution in [2.75, 3.05) is 13.1 Å². The van der Waals surface area contributed by atoms with Crippen molar-refractivity contribution in [1.82, 2.24) is 4.90 Å². The van der Waals surface area contributed by atoms with E-state index in [1.54, 1.807) is 0 Å². The minimum absolute atomic E-state index is 0.350. The molecule has 1 aromatic carbocycles. The number of rotatable bonds is 2. The van der Waals surface area contributed by atoms with Crippen LogP contribution in [0.2, 0.25) is 0 Å². The van der Waals surface area contributed by atoms with Gasteiger partial charge in [-0.15, -0.1) is 0 Å². The summed E-state index contributed by atoms with van der Waals surface area (Å²) in [7, 11) is 0. The van der Waals surface area contributed by atoms with Crippen LogP contribution in [0.3, 0.4) is 0 Å². The van der Waals surface area contributed by atoms with Crippen molar-refractivity contribution in [3.63, 3.8) is 0 Å². The lowest BCUT2D eigenvalue weighted by molar-refractivity contribution is 0.139. The molecule has 0 saturated carbocycles. The number of hydrogen-bond acceptors (Lipinski definition) is 2. The molecule has 0 bridgehead atoms. The normalized spacial score (nSPS) is 22.5. The third-order valence-electron chi connectivity index (χ3n) is 2.44. The first-order chi connectivity index (χ1) is 7.24. The van der Waals surface area contributed by atoms with Gasteiger partial charge in [0.15, 0.2) is 0 Å². The molecule has 15 heavy (non-hydrogen) atoms. The zero-order chi connectivity index (χ0) is 10.7. The third kappa shape index (κ3) is 3.16. The van der Waals surface area contributed by atoms with Crippen LogP contribution in [0.25, 0.3) is 0 Å². The van der Waals surface area contributed by atoms with Crippen molar-refractivity contribution >= 4 is 15.9 Å². The van der Waals surface area contributed by atoms with Crippen LogP contribution in [0.5, 0.6) is 0 Å². The van der Waals surface area contributed by atoms with E-state index >= 15 is 0 Å². The zero-order valence-corrected chi connectivity index (χ0v) is 10.0. The highest BCUT2D eigenvalue weighted by atomic mass is 79.9. The fourth-order valence-corrected chi connectivity index (χ4v) is 2.48. The van der Waals surface area contributed by atoms with Crippen molar-refractivity contribution in [1.29, 1.82) is 0 Å². The SMILES string of the molecule is OC1C=C(Br)CN(Cc2ccccc2)C1. The van der Waals surface area contributed by atoms with E-state index in [-0.39, 0.29) is 6.10 Å². The summed E-state index contributed by atoms with van der Waals surface area (Å²) in [6.45, 7) is 2.48. The summed E-state index contributed by atoms with van der Waals surface area (Å²) in [6.07, 6.45) is 1.51. The Hall–Kier alpha value is -0.640. The van der Waals surface area contributed by atoms with Crippen LogP contribution in [0.15, 0.2) is 40.9 Å². The summed E-state index contributed by atoms with van der Waals surface area (Å²) in [6, 6.07) is 10.3. The minimum Gasteiger partial charge on any atom is -0.388 e. The van der Waals surface area contributed by atoms with Crippen molar-refractivity contribution in [3.05, 3.63) is 46.5 Å². The zero-order valence-electron chi connectivity index (χ0n) is 8.44. The summed E-state index contributed by atoms with van der Waals surface area (Å²) in [4.78, 5) is 2.23. The molecule has 0 aromatic heterocycles. The van der Waals surface area contributed by atoms with E-state index in [1.807, 2.05) is 24.3 Å². The van der Waals surface area contributed by atoms with Crippen LogP contribution in [-0.2, 0) is 6.54 Å². The number of β-amino-alcohol motifs (C(OH)–C–C–N with tert-alkyl or cyclic N) is 1. The van der Waals surface area contributed by atoms with Gasteiger partial charge >= 0.3 is 0 Å². The summed E-state index contributed by atoms with van der Waals surface area (Å²) in [5.41, 5.74) is 1.28. The lowest BCUT2D eigenvalue weighted by atomic mass is 10.1. The standard InChI is InChI=1S/C12H14BrNO/c13-11-6-12(15)9-14(8-11)7-10-4-2-1-3-5-10/h1-6,12,15H,7-9H2. The van der Waals surface area contributed by atoms with Gasteiger partial charge in [0.25, 0.3) is 0 Å². The molecule has 1 aliphatic rings. The third-order valence-corrected chi connectivity index (χ3v) is 2.96. The van der Waals surface area contributed by atoms with Crippen LogP contribution in [-0.4, -0.2) is 29.2 Å². The fraction of sp³-hybridized carbons (Fsp3) is 0.333. The first kappa shape index (κ1) is 10.9. The first-order valence-corrected chi connectivity index (χ1v) is 5.84. The molecule has 0 aliphatic carbocycles. The lowest BCUT2D eigenvalue weighted by Gasteiger charge is -2.28. The van der Waals surface area contributed by atoms with Crippen LogP contribution in [0.1, 0.15) is 5.56 Å². The van der Waals surface area contributed by atoms with Gasteiger partial charge in [-0.2, -0.15) is 0 Å². The Balaban J connectivity index is 1.99. The molecule has 0 spiro atoms. The molecule has 1 aliphatic heterocycles. The first-order valence-electron chi connectivity index (χ1n) is 5.04. The highest BCUT2D eigenvalue weighted by molar-refractivity contribution is 9.11. The highest BCUT2D eigenvalue weighted by Crippen LogP contribution is 2.17. The molecule has 2 nitrogen and oxygen atoms in total. The van der Waals surface area contributed by atoms with E-state index in [4.69, 9.17) is 0 Å². The van der Waals surface area contributed by atoms with Gasteiger partial charge in [-0.3, -0.25) is 4.90 Å². The maximum atomic E-state index is 9.58. The topological polar surface area (TPSA) is 23.5 Å². The number of aliphatic hydroxyl groups is 1. The van der Waals surface area contributed by atoms with Crippen LogP contribution in [0.4, 0.5) is 0 Å². The van der Waals surface area contributed by atoms with Gasteiger partial charge in [-0.25, -0.2) is 0 Å². The molecule has 2 rings (SSSR count). The van der Waals surface area contributed by atoms with E-state index < -0.39 is 0 Å². The predicted molar refractivity (Wildman–Crippen MR) is 64.7 cm³/mol. The predicted octanol–water partition coefficient (Wildman–Crippen LogP) is 2.14. The molecule has 1 unspecified atom stereocenters. The van der Waals surface area contributed by atoms with E-state index in [9.17, 15) is 5.11 Å². The number of nitrogens with zero attached hydrogens (tertiary/aromatic N) is 1. The average Bonchev–Trinajstić information content (AvgIpc) is 2.17. The Morgan fingerprint density at radius 1 is 1.33 bits per heavy atom. The second-order valence-corrected chi connectivity index (χ2v) is 4.85. The Morgan fingerprint density at radius 3 is 2.73 bits per heavy atom. The lowest BCUT2D eigenvalue weighted by Crippen LogP contribution is -2.35. The van der Waals surface area contributed by atoms with Gasteiger partial charge in [0.05, 0.1) is 6.10 Å². The van der Waals surface area contributed by atoms with Gasteiger partial charge < -0.3 is 5.11 Å². The summed E-state index contributed by atoms with van der Waals surface area (Å²) < 4.78 is 1.07. The van der Waals surface area contributed by atoms with Gasteiger partial charge in [0, 0.05) is 24.1 Å². The number of hydrogen-bond donors (Lipinski definition) is 1. The fourth-order valence-electron chi connectivity index (χ4n) is 1.82. The van der Waals surface area contributed by atoms with Crippen molar-refractivity contribution in [3.8, 4) is 0 Å². The van der Waals surface area contributed by atoms with Crippen molar-refractivity contribution in [2.45, 2.75) is 12.6 Å². The molecule has 1 N–H and O–H groups in total. The Bertz CT molecular complexity index is 350. The largest absolute Gasteiger partial charge is 0.388 e. The summed E-state index contributed by atoms with van der Waals surface area (Å²) >= 11 is 3.44. The van der Waals surface area contributed by atoms with E-state index in [2.05, 4.69) is 33.0 Å². The van der Waals surface area contributed by atoms with Crippen LogP contribution >= 0.6 is 15.9 Å². The molecule has 0 radical (unpaired) electrons. The van der Waals surface area contributed by atoms with E-state index in [0.29, 0.717) is 6.54 Å². The van der Waals surface area contributed by atoms with Gasteiger partial charge in [0.2, 0.25) is 0 Å². The minimum atomic E-state index is -0.350. The molecule has 1 atom stereocenters. The highest BCUT2D eigenvalue weighted by Gasteiger charge is 2.16. The molecule has 0 fully saturated rings. The van der Waals surface area contributed by atoms with E-state index in [1.165, 1.54) is 5.56 Å². The molecule has 1 heterocycles. The van der Waals surface area contributed by atoms with Crippen molar-refractivity contribution < 1.29 is 5.11 Å². The van der Waals surface area contributed by atoms with Crippen molar-refractivity contribution in [2.24, 2.45) is 0 Å². The number of aliphatic hydroxyl groups excluding tert-OH is 1. The molecule has 80 valence electrons. The molecule has 0 amide bonds. The second kappa shape index (κ2) is 4.92. The average molecular weight is 268 g/mol. The summed E-state index contributed by atoms with van der Waals surface area (Å²) in [5.74, 6) is 0. The maximum absolute atomic E-state index is 9.58. The molecule has 0 saturated heterocycles. The molecule has 3 heteroatoms. The van der Waals surface area contributed by atoms with Gasteiger partial charge in [-0.05, 0) is 11.6 Å². The Kier molecular flexibility index (Phi) is 3.57. The maximum Gasteiger partial charge on any atom is 0.0859 e. The monoisotopic (exact) mass is 267 g/mol. The quantitative estimate of drug-likeness (QED) is 0.888. The summed E-state index contributed by atoms with van der Waals surface area (Å²) in [5, 5.41) is 9.58. The Morgan fingerprint density at radius 2 is 2.07 bits per heavy atom. The molecular weight excluding hydrogens is 254 g/mol. The molecule has 1 aromatic rings. The van der Waals surface area contributed by atoms with Gasteiger partial charge in [-0.1, -0.05) is 46.3 Å². The van der Waals surface area contributed by atoms with Crippen LogP contribution < -0.4 is 0 Å².